The number of rotatable bonds is 0. The average molecular weight is 168 g/mol. The molecule has 0 bridgehead atoms. The first-order chi connectivity index (χ1) is 5.38. The summed E-state index contributed by atoms with van der Waals surface area (Å²) in [4.78, 5) is 0.835. The normalized spacial score (nSPS) is 14.6. The Morgan fingerprint density at radius 3 is 2.82 bits per heavy atom. The molecule has 2 rings (SSSR count). The van der Waals surface area contributed by atoms with Crippen LogP contribution in [0.15, 0.2) is 23.1 Å². The minimum atomic E-state index is 0.616. The van der Waals surface area contributed by atoms with Crippen molar-refractivity contribution in [2.45, 2.75) is 4.90 Å². The molecule has 0 radical (unpaired) electrons. The van der Waals surface area contributed by atoms with E-state index in [0.29, 0.717) is 13.2 Å². The molecule has 0 N–H and O–H groups in total. The minimum absolute atomic E-state index is 0.616. The van der Waals surface area contributed by atoms with Crippen molar-refractivity contribution < 1.29 is 9.47 Å². The lowest BCUT2D eigenvalue weighted by molar-refractivity contribution is 0.167. The maximum atomic E-state index is 5.35. The molecule has 0 unspecified atom stereocenters. The van der Waals surface area contributed by atoms with E-state index >= 15 is 0 Å². The molecule has 1 aromatic rings. The monoisotopic (exact) mass is 168 g/mol. The van der Waals surface area contributed by atoms with Gasteiger partial charge >= 0.3 is 0 Å². The molecular weight excluding hydrogens is 160 g/mol. The lowest BCUT2D eigenvalue weighted by atomic mass is 10.3. The van der Waals surface area contributed by atoms with E-state index in [9.17, 15) is 0 Å². The number of thiol groups is 1. The van der Waals surface area contributed by atoms with Crippen LogP contribution in [0.1, 0.15) is 0 Å². The quantitative estimate of drug-likeness (QED) is 0.595. The summed E-state index contributed by atoms with van der Waals surface area (Å²) in [6.07, 6.45) is 0. The van der Waals surface area contributed by atoms with E-state index in [0.717, 1.165) is 16.4 Å². The molecule has 0 amide bonds. The van der Waals surface area contributed by atoms with Crippen molar-refractivity contribution >= 4 is 12.6 Å². The van der Waals surface area contributed by atoms with Gasteiger partial charge in [0.25, 0.3) is 0 Å². The van der Waals surface area contributed by atoms with Crippen LogP contribution in [0.2, 0.25) is 0 Å². The largest absolute Gasteiger partial charge is 0.486 e. The number of benzene rings is 1. The average Bonchev–Trinajstić information content (AvgIpc) is 2.06. The predicted octanol–water partition coefficient (Wildman–Crippen LogP) is 1.75. The maximum absolute atomic E-state index is 5.35. The van der Waals surface area contributed by atoms with Crippen LogP contribution >= 0.6 is 12.6 Å². The molecular formula is C8H8O2S. The van der Waals surface area contributed by atoms with Crippen LogP contribution in [0.25, 0.3) is 0 Å². The van der Waals surface area contributed by atoms with Gasteiger partial charge in [-0.25, -0.2) is 0 Å². The first-order valence-corrected chi connectivity index (χ1v) is 3.90. The molecule has 0 saturated carbocycles. The summed E-state index contributed by atoms with van der Waals surface area (Å²) >= 11 is 4.23. The van der Waals surface area contributed by atoms with Gasteiger partial charge in [0.2, 0.25) is 0 Å². The highest BCUT2D eigenvalue weighted by Gasteiger charge is 2.12. The van der Waals surface area contributed by atoms with E-state index in [4.69, 9.17) is 9.47 Å². The van der Waals surface area contributed by atoms with Crippen LogP contribution in [0.5, 0.6) is 11.5 Å². The molecule has 0 aliphatic carbocycles. The third-order valence-corrected chi connectivity index (χ3v) is 1.90. The highest BCUT2D eigenvalue weighted by Crippen LogP contribution is 2.35. The van der Waals surface area contributed by atoms with Gasteiger partial charge in [0.1, 0.15) is 13.2 Å². The number of para-hydroxylation sites is 1. The molecule has 0 spiro atoms. The van der Waals surface area contributed by atoms with Crippen molar-refractivity contribution in [1.82, 2.24) is 0 Å². The standard InChI is InChI=1S/C8H8O2S/c11-7-3-1-2-6-8(7)10-5-4-9-6/h1-3,11H,4-5H2. The zero-order valence-electron chi connectivity index (χ0n) is 5.91. The number of fused-ring (bicyclic) bond motifs is 1. The molecule has 58 valence electrons. The summed E-state index contributed by atoms with van der Waals surface area (Å²) in [6, 6.07) is 5.67. The van der Waals surface area contributed by atoms with E-state index < -0.39 is 0 Å². The van der Waals surface area contributed by atoms with Crippen molar-refractivity contribution in [1.29, 1.82) is 0 Å². The molecule has 0 saturated heterocycles. The van der Waals surface area contributed by atoms with Crippen LogP contribution in [0.3, 0.4) is 0 Å². The van der Waals surface area contributed by atoms with E-state index in [-0.39, 0.29) is 0 Å². The Morgan fingerprint density at radius 1 is 1.18 bits per heavy atom. The van der Waals surface area contributed by atoms with Crippen LogP contribution in [0.4, 0.5) is 0 Å². The van der Waals surface area contributed by atoms with Gasteiger partial charge < -0.3 is 9.47 Å². The molecule has 1 aliphatic heterocycles. The summed E-state index contributed by atoms with van der Waals surface area (Å²) in [5, 5.41) is 0. The molecule has 3 heteroatoms. The van der Waals surface area contributed by atoms with E-state index in [1.54, 1.807) is 0 Å². The van der Waals surface area contributed by atoms with Crippen molar-refractivity contribution in [2.75, 3.05) is 13.2 Å². The molecule has 1 heterocycles. The summed E-state index contributed by atoms with van der Waals surface area (Å²) in [5.41, 5.74) is 0. The third kappa shape index (κ3) is 1.16. The fourth-order valence-electron chi connectivity index (χ4n) is 1.06. The number of ether oxygens (including phenoxy) is 2. The van der Waals surface area contributed by atoms with Gasteiger partial charge in [-0.3, -0.25) is 0 Å². The molecule has 0 aromatic heterocycles. The fraction of sp³-hybridized carbons (Fsp3) is 0.250. The van der Waals surface area contributed by atoms with Gasteiger partial charge in [-0.15, -0.1) is 12.6 Å². The van der Waals surface area contributed by atoms with E-state index in [1.807, 2.05) is 18.2 Å². The summed E-state index contributed by atoms with van der Waals surface area (Å²) in [7, 11) is 0. The first kappa shape index (κ1) is 6.85. The topological polar surface area (TPSA) is 18.5 Å². The number of hydrogen-bond acceptors (Lipinski definition) is 3. The van der Waals surface area contributed by atoms with Gasteiger partial charge in [-0.05, 0) is 12.1 Å². The molecule has 1 aromatic carbocycles. The van der Waals surface area contributed by atoms with E-state index in [1.165, 1.54) is 0 Å². The first-order valence-electron chi connectivity index (χ1n) is 3.45. The van der Waals surface area contributed by atoms with Crippen LogP contribution < -0.4 is 9.47 Å². The van der Waals surface area contributed by atoms with Gasteiger partial charge in [-0.1, -0.05) is 6.07 Å². The molecule has 11 heavy (non-hydrogen) atoms. The van der Waals surface area contributed by atoms with Crippen molar-refractivity contribution in [3.63, 3.8) is 0 Å². The Labute approximate surface area is 70.5 Å². The van der Waals surface area contributed by atoms with Gasteiger partial charge in [-0.2, -0.15) is 0 Å². The summed E-state index contributed by atoms with van der Waals surface area (Å²) < 4.78 is 10.7. The zero-order chi connectivity index (χ0) is 7.68. The van der Waals surface area contributed by atoms with Crippen LogP contribution in [-0.4, -0.2) is 13.2 Å². The van der Waals surface area contributed by atoms with Crippen molar-refractivity contribution in [3.8, 4) is 11.5 Å². The van der Waals surface area contributed by atoms with Crippen molar-refractivity contribution in [2.24, 2.45) is 0 Å². The maximum Gasteiger partial charge on any atom is 0.174 e. The Balaban J connectivity index is 2.49. The van der Waals surface area contributed by atoms with Crippen LogP contribution in [0, 0.1) is 0 Å². The highest BCUT2D eigenvalue weighted by atomic mass is 32.1. The second-order valence-electron chi connectivity index (χ2n) is 2.30. The van der Waals surface area contributed by atoms with Crippen molar-refractivity contribution in [3.05, 3.63) is 18.2 Å². The lowest BCUT2D eigenvalue weighted by Crippen LogP contribution is -2.15. The Morgan fingerprint density at radius 2 is 2.00 bits per heavy atom. The summed E-state index contributed by atoms with van der Waals surface area (Å²) in [6.45, 7) is 1.24. The molecule has 1 aliphatic rings. The lowest BCUT2D eigenvalue weighted by Gasteiger charge is -2.18. The minimum Gasteiger partial charge on any atom is -0.486 e. The Hall–Kier alpha value is -0.830. The molecule has 0 fully saturated rings. The number of hydrogen-bond donors (Lipinski definition) is 1. The zero-order valence-corrected chi connectivity index (χ0v) is 6.80. The smallest absolute Gasteiger partial charge is 0.174 e. The SMILES string of the molecule is Sc1cccc2c1OCCO2. The third-order valence-electron chi connectivity index (χ3n) is 1.55. The van der Waals surface area contributed by atoms with E-state index in [2.05, 4.69) is 12.6 Å². The van der Waals surface area contributed by atoms with Gasteiger partial charge in [0.05, 0.1) is 4.90 Å². The molecule has 0 atom stereocenters. The van der Waals surface area contributed by atoms with Gasteiger partial charge in [0.15, 0.2) is 11.5 Å². The Kier molecular flexibility index (Phi) is 1.66. The molecule has 2 nitrogen and oxygen atoms in total. The second kappa shape index (κ2) is 2.66. The highest BCUT2D eigenvalue weighted by molar-refractivity contribution is 7.80. The second-order valence-corrected chi connectivity index (χ2v) is 2.78. The Bertz CT molecular complexity index is 273. The summed E-state index contributed by atoms with van der Waals surface area (Å²) in [5.74, 6) is 1.56. The fourth-order valence-corrected chi connectivity index (χ4v) is 1.32. The van der Waals surface area contributed by atoms with Crippen LogP contribution in [-0.2, 0) is 0 Å². The van der Waals surface area contributed by atoms with Gasteiger partial charge in [0, 0.05) is 0 Å². The predicted molar refractivity (Wildman–Crippen MR) is 44.7 cm³/mol.